The average Bonchev–Trinajstić information content (AvgIpc) is 2.90. The third-order valence-corrected chi connectivity index (χ3v) is 5.66. The Hall–Kier alpha value is -2.41. The van der Waals surface area contributed by atoms with Gasteiger partial charge in [-0.05, 0) is 25.8 Å². The number of aryl methyl sites for hydroxylation is 2. The zero-order chi connectivity index (χ0) is 19.7. The molecule has 3 rings (SSSR count). The zero-order valence-electron chi connectivity index (χ0n) is 16.4. The summed E-state index contributed by atoms with van der Waals surface area (Å²) in [7, 11) is 0. The Balaban J connectivity index is 2.08. The molecule has 0 amide bonds. The maximum absolute atomic E-state index is 13.2. The van der Waals surface area contributed by atoms with E-state index < -0.39 is 0 Å². The molecule has 0 aliphatic rings. The van der Waals surface area contributed by atoms with E-state index in [0.717, 1.165) is 27.5 Å². The van der Waals surface area contributed by atoms with E-state index in [1.165, 1.54) is 6.07 Å². The van der Waals surface area contributed by atoms with Gasteiger partial charge in [-0.3, -0.25) is 14.2 Å². The largest absolute Gasteiger partial charge is 0.488 e. The lowest BCUT2D eigenvalue weighted by atomic mass is 10.1. The van der Waals surface area contributed by atoms with Crippen LogP contribution in [0.5, 0.6) is 5.75 Å². The summed E-state index contributed by atoms with van der Waals surface area (Å²) in [6.45, 7) is 10.7. The Kier molecular flexibility index (Phi) is 5.51. The van der Waals surface area contributed by atoms with Gasteiger partial charge in [0.05, 0.1) is 18.5 Å². The number of nitrogens with one attached hydrogen (secondary N) is 1. The Morgan fingerprint density at radius 1 is 1.30 bits per heavy atom. The van der Waals surface area contributed by atoms with Crippen LogP contribution in [0.4, 0.5) is 0 Å². The molecule has 0 spiro atoms. The number of thiophene rings is 1. The van der Waals surface area contributed by atoms with Crippen LogP contribution in [0.2, 0.25) is 0 Å². The first-order chi connectivity index (χ1) is 12.8. The van der Waals surface area contributed by atoms with Gasteiger partial charge in [0.1, 0.15) is 10.7 Å². The predicted octanol–water partition coefficient (Wildman–Crippen LogP) is 3.72. The van der Waals surface area contributed by atoms with Crippen LogP contribution in [-0.4, -0.2) is 21.1 Å². The van der Waals surface area contributed by atoms with E-state index in [0.29, 0.717) is 23.4 Å². The van der Waals surface area contributed by atoms with E-state index in [9.17, 15) is 9.59 Å². The standard InChI is InChI=1S/C20H25N3O3S/c1-6-7-26-16-9-21-14(8-15(16)24)10-23-18(11(2)3)22-19-17(20(23)25)12(4)13(5)27-19/h8-9,11H,6-7,10H2,1-5H3,(H,21,24). The topological polar surface area (TPSA) is 77.0 Å². The van der Waals surface area contributed by atoms with Gasteiger partial charge in [0, 0.05) is 28.8 Å². The molecule has 0 radical (unpaired) electrons. The van der Waals surface area contributed by atoms with Crippen molar-refractivity contribution in [3.8, 4) is 5.75 Å². The number of fused-ring (bicyclic) bond motifs is 1. The van der Waals surface area contributed by atoms with E-state index in [4.69, 9.17) is 9.72 Å². The van der Waals surface area contributed by atoms with Crippen LogP contribution in [0.1, 0.15) is 55.1 Å². The molecule has 0 aliphatic heterocycles. The van der Waals surface area contributed by atoms with Crippen LogP contribution in [-0.2, 0) is 6.54 Å². The minimum Gasteiger partial charge on any atom is -0.488 e. The molecule has 144 valence electrons. The highest BCUT2D eigenvalue weighted by molar-refractivity contribution is 7.18. The quantitative estimate of drug-likeness (QED) is 0.699. The van der Waals surface area contributed by atoms with Crippen LogP contribution in [0.15, 0.2) is 21.9 Å². The minimum absolute atomic E-state index is 0.0577. The van der Waals surface area contributed by atoms with Crippen molar-refractivity contribution in [2.45, 2.75) is 53.5 Å². The fraction of sp³-hybridized carbons (Fsp3) is 0.450. The van der Waals surface area contributed by atoms with Gasteiger partial charge in [-0.15, -0.1) is 11.3 Å². The first-order valence-corrected chi connectivity index (χ1v) is 10.00. The molecule has 0 saturated carbocycles. The second-order valence-electron chi connectivity index (χ2n) is 7.01. The normalized spacial score (nSPS) is 11.5. The number of ether oxygens (including phenoxy) is 1. The highest BCUT2D eigenvalue weighted by Gasteiger charge is 2.18. The molecule has 0 bridgehead atoms. The number of hydrogen-bond acceptors (Lipinski definition) is 5. The maximum Gasteiger partial charge on any atom is 0.262 e. The van der Waals surface area contributed by atoms with Gasteiger partial charge in [0.15, 0.2) is 5.75 Å². The van der Waals surface area contributed by atoms with E-state index >= 15 is 0 Å². The molecular weight excluding hydrogens is 362 g/mol. The van der Waals surface area contributed by atoms with Crippen LogP contribution >= 0.6 is 11.3 Å². The van der Waals surface area contributed by atoms with Crippen molar-refractivity contribution in [3.63, 3.8) is 0 Å². The SMILES string of the molecule is CCCOc1c[nH]c(Cn2c(C(C)C)nc3sc(C)c(C)c3c2=O)cc1=O. The van der Waals surface area contributed by atoms with Gasteiger partial charge in [0.25, 0.3) is 5.56 Å². The zero-order valence-corrected chi connectivity index (χ0v) is 17.2. The van der Waals surface area contributed by atoms with E-state index in [1.54, 1.807) is 22.1 Å². The number of pyridine rings is 1. The molecule has 3 aromatic rings. The first-order valence-electron chi connectivity index (χ1n) is 9.18. The molecule has 0 aromatic carbocycles. The van der Waals surface area contributed by atoms with Crippen molar-refractivity contribution in [1.82, 2.24) is 14.5 Å². The summed E-state index contributed by atoms with van der Waals surface area (Å²) < 4.78 is 7.10. The Bertz CT molecular complexity index is 1090. The van der Waals surface area contributed by atoms with Crippen molar-refractivity contribution in [1.29, 1.82) is 0 Å². The number of H-pyrrole nitrogens is 1. The third-order valence-electron chi connectivity index (χ3n) is 4.56. The van der Waals surface area contributed by atoms with E-state index in [1.807, 2.05) is 34.6 Å². The second kappa shape index (κ2) is 7.68. The third kappa shape index (κ3) is 3.69. The molecule has 7 heteroatoms. The molecule has 0 unspecified atom stereocenters. The molecule has 0 aliphatic carbocycles. The summed E-state index contributed by atoms with van der Waals surface area (Å²) in [5.74, 6) is 1.11. The molecule has 1 N–H and O–H groups in total. The van der Waals surface area contributed by atoms with Crippen molar-refractivity contribution in [2.24, 2.45) is 0 Å². The van der Waals surface area contributed by atoms with Crippen LogP contribution in [0.25, 0.3) is 10.2 Å². The summed E-state index contributed by atoms with van der Waals surface area (Å²) >= 11 is 1.55. The lowest BCUT2D eigenvalue weighted by molar-refractivity contribution is 0.313. The average molecular weight is 388 g/mol. The molecule has 3 heterocycles. The number of aromatic nitrogens is 3. The highest BCUT2D eigenvalue weighted by atomic mass is 32.1. The highest BCUT2D eigenvalue weighted by Crippen LogP contribution is 2.27. The van der Waals surface area contributed by atoms with Crippen molar-refractivity contribution < 1.29 is 4.74 Å². The number of nitrogens with zero attached hydrogens (tertiary/aromatic N) is 2. The molecule has 3 aromatic heterocycles. The molecule has 27 heavy (non-hydrogen) atoms. The van der Waals surface area contributed by atoms with E-state index in [2.05, 4.69) is 4.98 Å². The fourth-order valence-corrected chi connectivity index (χ4v) is 4.05. The number of hydrogen-bond donors (Lipinski definition) is 1. The van der Waals surface area contributed by atoms with Crippen LogP contribution in [0.3, 0.4) is 0 Å². The van der Waals surface area contributed by atoms with Gasteiger partial charge in [-0.1, -0.05) is 20.8 Å². The van der Waals surface area contributed by atoms with Crippen molar-refractivity contribution >= 4 is 21.6 Å². The van der Waals surface area contributed by atoms with Gasteiger partial charge >= 0.3 is 0 Å². The van der Waals surface area contributed by atoms with Gasteiger partial charge in [-0.25, -0.2) is 4.98 Å². The van der Waals surface area contributed by atoms with E-state index in [-0.39, 0.29) is 23.5 Å². The lowest BCUT2D eigenvalue weighted by Crippen LogP contribution is -2.27. The second-order valence-corrected chi connectivity index (χ2v) is 8.22. The van der Waals surface area contributed by atoms with Crippen molar-refractivity contribution in [2.75, 3.05) is 6.61 Å². The maximum atomic E-state index is 13.2. The number of aromatic amines is 1. The number of rotatable bonds is 6. The minimum atomic E-state index is -0.187. The summed E-state index contributed by atoms with van der Waals surface area (Å²) in [6, 6.07) is 1.50. The van der Waals surface area contributed by atoms with Crippen LogP contribution in [0, 0.1) is 13.8 Å². The molecule has 0 atom stereocenters. The molecule has 6 nitrogen and oxygen atoms in total. The summed E-state index contributed by atoms with van der Waals surface area (Å²) in [4.78, 5) is 35.2. The van der Waals surface area contributed by atoms with Gasteiger partial charge in [-0.2, -0.15) is 0 Å². The molecule has 0 saturated heterocycles. The summed E-state index contributed by atoms with van der Waals surface area (Å²) in [6.07, 6.45) is 2.40. The monoisotopic (exact) mass is 387 g/mol. The predicted molar refractivity (Wildman–Crippen MR) is 109 cm³/mol. The fourth-order valence-electron chi connectivity index (χ4n) is 3.02. The van der Waals surface area contributed by atoms with Crippen LogP contribution < -0.4 is 15.7 Å². The van der Waals surface area contributed by atoms with Gasteiger partial charge < -0.3 is 9.72 Å². The Morgan fingerprint density at radius 2 is 2.04 bits per heavy atom. The molecular formula is C20H25N3O3S. The lowest BCUT2D eigenvalue weighted by Gasteiger charge is -2.15. The summed E-state index contributed by atoms with van der Waals surface area (Å²) in [5.41, 5.74) is 1.39. The summed E-state index contributed by atoms with van der Waals surface area (Å²) in [5, 5.41) is 0.673. The Morgan fingerprint density at radius 3 is 2.67 bits per heavy atom. The Labute approximate surface area is 161 Å². The van der Waals surface area contributed by atoms with Gasteiger partial charge in [0.2, 0.25) is 5.43 Å². The van der Waals surface area contributed by atoms with Crippen molar-refractivity contribution in [3.05, 3.63) is 54.8 Å². The smallest absolute Gasteiger partial charge is 0.262 e. The first kappa shape index (κ1) is 19.4. The molecule has 0 fully saturated rings.